The third kappa shape index (κ3) is 7.25. The molecule has 21 heavy (non-hydrogen) atoms. The monoisotopic (exact) mass is 302 g/mol. The molecule has 0 aromatic carbocycles. The van der Waals surface area contributed by atoms with Crippen molar-refractivity contribution in [2.45, 2.75) is 77.1 Å². The molecule has 0 spiro atoms. The molecule has 0 bridgehead atoms. The lowest BCUT2D eigenvalue weighted by atomic mass is 9.95. The van der Waals surface area contributed by atoms with Crippen LogP contribution in [-0.2, 0) is 23.7 Å². The van der Waals surface area contributed by atoms with Gasteiger partial charge in [0, 0.05) is 7.11 Å². The second kappa shape index (κ2) is 11.0. The van der Waals surface area contributed by atoms with Gasteiger partial charge in [-0.1, -0.05) is 26.2 Å². The Morgan fingerprint density at radius 1 is 1.24 bits per heavy atom. The Hall–Kier alpha value is -0.650. The summed E-state index contributed by atoms with van der Waals surface area (Å²) < 4.78 is 21.8. The summed E-state index contributed by atoms with van der Waals surface area (Å²) in [6.07, 6.45) is 6.64. The van der Waals surface area contributed by atoms with Crippen LogP contribution in [0, 0.1) is 0 Å². The summed E-state index contributed by atoms with van der Waals surface area (Å²) in [5.74, 6) is -0.175. The number of ether oxygens (including phenoxy) is 4. The molecule has 124 valence electrons. The fraction of sp³-hybridized carbons (Fsp3) is 0.938. The number of methoxy groups -OCH3 is 1. The minimum atomic E-state index is -0.175. The largest absolute Gasteiger partial charge is 0.466 e. The van der Waals surface area contributed by atoms with Crippen molar-refractivity contribution in [1.82, 2.24) is 0 Å². The van der Waals surface area contributed by atoms with Gasteiger partial charge < -0.3 is 18.9 Å². The lowest BCUT2D eigenvalue weighted by Crippen LogP contribution is -2.41. The normalized spacial score (nSPS) is 25.8. The Morgan fingerprint density at radius 3 is 2.71 bits per heavy atom. The van der Waals surface area contributed by atoms with Crippen LogP contribution in [0.5, 0.6) is 0 Å². The van der Waals surface area contributed by atoms with E-state index in [4.69, 9.17) is 18.9 Å². The summed E-state index contributed by atoms with van der Waals surface area (Å²) in [7, 11) is 1.62. The van der Waals surface area contributed by atoms with Crippen LogP contribution in [0.15, 0.2) is 0 Å². The first-order valence-corrected chi connectivity index (χ1v) is 8.12. The highest BCUT2D eigenvalue weighted by Crippen LogP contribution is 2.27. The number of carbonyl (C=O) groups is 1. The second-order valence-electron chi connectivity index (χ2n) is 5.49. The molecule has 1 saturated heterocycles. The van der Waals surface area contributed by atoms with E-state index in [1.807, 2.05) is 6.92 Å². The summed E-state index contributed by atoms with van der Waals surface area (Å²) in [6, 6.07) is 0. The Balaban J connectivity index is 2.45. The number of esters is 1. The van der Waals surface area contributed by atoms with E-state index in [0.29, 0.717) is 19.8 Å². The minimum Gasteiger partial charge on any atom is -0.466 e. The van der Waals surface area contributed by atoms with Crippen molar-refractivity contribution in [3.05, 3.63) is 0 Å². The first kappa shape index (κ1) is 18.4. The van der Waals surface area contributed by atoms with Crippen molar-refractivity contribution in [3.8, 4) is 0 Å². The summed E-state index contributed by atoms with van der Waals surface area (Å²) >= 11 is 0. The Morgan fingerprint density at radius 2 is 2.05 bits per heavy atom. The van der Waals surface area contributed by atoms with Gasteiger partial charge in [-0.15, -0.1) is 0 Å². The molecule has 1 aliphatic rings. The second-order valence-corrected chi connectivity index (χ2v) is 5.49. The van der Waals surface area contributed by atoms with Crippen LogP contribution in [0.1, 0.15) is 58.8 Å². The molecule has 1 aliphatic heterocycles. The minimum absolute atomic E-state index is 0.0435. The van der Waals surface area contributed by atoms with Crippen molar-refractivity contribution in [1.29, 1.82) is 0 Å². The Labute approximate surface area is 128 Å². The predicted molar refractivity (Wildman–Crippen MR) is 80.0 cm³/mol. The molecule has 0 aromatic heterocycles. The number of hydrogen-bond acceptors (Lipinski definition) is 5. The Bertz CT molecular complexity index is 282. The smallest absolute Gasteiger partial charge is 0.308 e. The van der Waals surface area contributed by atoms with Crippen molar-refractivity contribution in [2.24, 2.45) is 0 Å². The molecule has 1 rings (SSSR count). The molecule has 1 heterocycles. The molecule has 1 fully saturated rings. The van der Waals surface area contributed by atoms with Gasteiger partial charge in [0.1, 0.15) is 6.79 Å². The van der Waals surface area contributed by atoms with Crippen LogP contribution in [0.4, 0.5) is 0 Å². The zero-order valence-corrected chi connectivity index (χ0v) is 13.6. The van der Waals surface area contributed by atoms with Gasteiger partial charge in [0.15, 0.2) is 0 Å². The summed E-state index contributed by atoms with van der Waals surface area (Å²) in [4.78, 5) is 11.6. The molecule has 0 radical (unpaired) electrons. The maximum absolute atomic E-state index is 11.6. The first-order valence-electron chi connectivity index (χ1n) is 8.12. The number of hydrogen-bond donors (Lipinski definition) is 0. The van der Waals surface area contributed by atoms with E-state index in [2.05, 4.69) is 6.92 Å². The quantitative estimate of drug-likeness (QED) is 0.353. The van der Waals surface area contributed by atoms with Gasteiger partial charge in [0.25, 0.3) is 0 Å². The molecule has 0 unspecified atom stereocenters. The molecular weight excluding hydrogens is 272 g/mol. The standard InChI is InChI=1S/C16H30O5/c1-4-6-7-8-15-14(20-12-18-3)10-9-13(21-15)11-16(17)19-5-2/h13-15H,4-12H2,1-3H3/t13-,14+,15-/m1/s1. The van der Waals surface area contributed by atoms with E-state index in [1.165, 1.54) is 12.8 Å². The maximum Gasteiger partial charge on any atom is 0.308 e. The maximum atomic E-state index is 11.6. The van der Waals surface area contributed by atoms with E-state index >= 15 is 0 Å². The molecular formula is C16H30O5. The van der Waals surface area contributed by atoms with E-state index in [9.17, 15) is 4.79 Å². The van der Waals surface area contributed by atoms with Gasteiger partial charge in [0.05, 0.1) is 31.3 Å². The molecule has 0 aliphatic carbocycles. The van der Waals surface area contributed by atoms with Crippen LogP contribution in [0.2, 0.25) is 0 Å². The summed E-state index contributed by atoms with van der Waals surface area (Å²) in [5.41, 5.74) is 0. The average Bonchev–Trinajstić information content (AvgIpc) is 2.47. The highest BCUT2D eigenvalue weighted by Gasteiger charge is 2.32. The van der Waals surface area contributed by atoms with E-state index in [1.54, 1.807) is 7.11 Å². The number of unbranched alkanes of at least 4 members (excludes halogenated alkanes) is 2. The van der Waals surface area contributed by atoms with E-state index in [-0.39, 0.29) is 24.3 Å². The van der Waals surface area contributed by atoms with Crippen molar-refractivity contribution >= 4 is 5.97 Å². The molecule has 3 atom stereocenters. The van der Waals surface area contributed by atoms with E-state index in [0.717, 1.165) is 25.7 Å². The third-order valence-corrected chi connectivity index (χ3v) is 3.75. The fourth-order valence-corrected chi connectivity index (χ4v) is 2.69. The van der Waals surface area contributed by atoms with Gasteiger partial charge in [-0.25, -0.2) is 0 Å². The lowest BCUT2D eigenvalue weighted by molar-refractivity contribution is -0.180. The first-order chi connectivity index (χ1) is 10.2. The fourth-order valence-electron chi connectivity index (χ4n) is 2.69. The predicted octanol–water partition coefficient (Wildman–Crippen LogP) is 3.06. The Kier molecular flexibility index (Phi) is 9.63. The topological polar surface area (TPSA) is 54.0 Å². The van der Waals surface area contributed by atoms with Gasteiger partial charge in [-0.05, 0) is 26.2 Å². The molecule has 0 amide bonds. The molecule has 0 N–H and O–H groups in total. The van der Waals surface area contributed by atoms with Crippen LogP contribution >= 0.6 is 0 Å². The molecule has 5 heteroatoms. The highest BCUT2D eigenvalue weighted by atomic mass is 16.7. The van der Waals surface area contributed by atoms with Gasteiger partial charge in [-0.2, -0.15) is 0 Å². The average molecular weight is 302 g/mol. The third-order valence-electron chi connectivity index (χ3n) is 3.75. The highest BCUT2D eigenvalue weighted by molar-refractivity contribution is 5.69. The van der Waals surface area contributed by atoms with Crippen LogP contribution < -0.4 is 0 Å². The van der Waals surface area contributed by atoms with Crippen LogP contribution in [0.3, 0.4) is 0 Å². The summed E-state index contributed by atoms with van der Waals surface area (Å²) in [5, 5.41) is 0. The molecule has 0 saturated carbocycles. The van der Waals surface area contributed by atoms with Crippen molar-refractivity contribution in [3.63, 3.8) is 0 Å². The number of rotatable bonds is 10. The van der Waals surface area contributed by atoms with Gasteiger partial charge in [-0.3, -0.25) is 4.79 Å². The number of carbonyl (C=O) groups excluding carboxylic acids is 1. The van der Waals surface area contributed by atoms with Crippen molar-refractivity contribution in [2.75, 3.05) is 20.5 Å². The zero-order valence-electron chi connectivity index (χ0n) is 13.6. The van der Waals surface area contributed by atoms with Gasteiger partial charge in [0.2, 0.25) is 0 Å². The van der Waals surface area contributed by atoms with Crippen LogP contribution in [0.25, 0.3) is 0 Å². The van der Waals surface area contributed by atoms with Gasteiger partial charge >= 0.3 is 5.97 Å². The van der Waals surface area contributed by atoms with E-state index < -0.39 is 0 Å². The van der Waals surface area contributed by atoms with Crippen molar-refractivity contribution < 1.29 is 23.7 Å². The van der Waals surface area contributed by atoms with Crippen LogP contribution in [-0.4, -0.2) is 44.8 Å². The lowest BCUT2D eigenvalue weighted by Gasteiger charge is -2.36. The SMILES string of the molecule is CCCCC[C@H]1O[C@@H](CC(=O)OCC)CC[C@@H]1OCOC. The summed E-state index contributed by atoms with van der Waals surface area (Å²) in [6.45, 7) is 4.72. The zero-order chi connectivity index (χ0) is 15.5. The molecule has 5 nitrogen and oxygen atoms in total. The molecule has 0 aromatic rings.